The topological polar surface area (TPSA) is 94.6 Å². The molecular weight excluding hydrogens is 454 g/mol. The number of fused-ring (bicyclic) bond motifs is 4. The number of rotatable bonds is 6. The van der Waals surface area contributed by atoms with Crippen molar-refractivity contribution in [3.05, 3.63) is 89.6 Å². The summed E-state index contributed by atoms with van der Waals surface area (Å²) in [6, 6.07) is 13.7. The van der Waals surface area contributed by atoms with Crippen LogP contribution in [0.5, 0.6) is 5.75 Å². The minimum atomic E-state index is -0.214. The maximum atomic E-state index is 13.1. The zero-order valence-corrected chi connectivity index (χ0v) is 20.2. The van der Waals surface area contributed by atoms with Crippen LogP contribution in [0, 0.1) is 0 Å². The zero-order valence-electron chi connectivity index (χ0n) is 20.2. The number of H-pyrrole nitrogens is 1. The monoisotopic (exact) mass is 483 g/mol. The van der Waals surface area contributed by atoms with Gasteiger partial charge in [-0.05, 0) is 53.1 Å². The van der Waals surface area contributed by atoms with Crippen LogP contribution in [0.3, 0.4) is 0 Å². The number of amides is 1. The number of aromatic amines is 1. The molecule has 0 bridgehead atoms. The lowest BCUT2D eigenvalue weighted by molar-refractivity contribution is -0.140. The number of benzene rings is 1. The van der Waals surface area contributed by atoms with Gasteiger partial charge in [-0.1, -0.05) is 0 Å². The Hall–Kier alpha value is -3.75. The van der Waals surface area contributed by atoms with Crippen LogP contribution < -0.4 is 4.74 Å². The van der Waals surface area contributed by atoms with Crippen molar-refractivity contribution in [2.75, 3.05) is 33.4 Å². The summed E-state index contributed by atoms with van der Waals surface area (Å²) in [5.74, 6) is 0.909. The molecule has 1 atom stereocenters. The molecular formula is C28H29N5O3. The third-order valence-electron chi connectivity index (χ3n) is 7.60. The Morgan fingerprint density at radius 1 is 1.06 bits per heavy atom. The molecule has 184 valence electrons. The van der Waals surface area contributed by atoms with Crippen molar-refractivity contribution in [2.45, 2.75) is 24.4 Å². The van der Waals surface area contributed by atoms with E-state index in [1.807, 2.05) is 41.3 Å². The minimum absolute atomic E-state index is 0.00279. The maximum Gasteiger partial charge on any atom is 0.227 e. The number of methoxy groups -OCH3 is 1. The standard InChI is InChI=1S/C28H29N5O3/c1-36-21-2-3-22-23(13-21)31-27-24(15-34)32(14-20-6-10-30-11-7-20)16-28(26(22)27)17-33(18-28)25(35)12-19-4-8-29-9-5-19/h2-11,13,24,31,34H,12,14-18H2,1H3/t24-/m0/s1. The van der Waals surface area contributed by atoms with Gasteiger partial charge in [-0.25, -0.2) is 0 Å². The molecule has 4 aromatic rings. The molecule has 8 heteroatoms. The molecule has 1 aromatic carbocycles. The van der Waals surface area contributed by atoms with Gasteiger partial charge in [0.15, 0.2) is 0 Å². The van der Waals surface area contributed by atoms with Gasteiger partial charge in [-0.3, -0.25) is 19.7 Å². The Bertz CT molecular complexity index is 1380. The van der Waals surface area contributed by atoms with Crippen LogP contribution in [-0.2, 0) is 23.2 Å². The number of likely N-dealkylation sites (tertiary alicyclic amines) is 1. The van der Waals surface area contributed by atoms with E-state index in [1.54, 1.807) is 31.9 Å². The van der Waals surface area contributed by atoms with Crippen LogP contribution in [-0.4, -0.2) is 69.1 Å². The fraction of sp³-hybridized carbons (Fsp3) is 0.321. The maximum absolute atomic E-state index is 13.1. The second kappa shape index (κ2) is 9.04. The molecule has 2 aliphatic heterocycles. The zero-order chi connectivity index (χ0) is 24.7. The summed E-state index contributed by atoms with van der Waals surface area (Å²) >= 11 is 0. The van der Waals surface area contributed by atoms with Crippen molar-refractivity contribution in [2.24, 2.45) is 0 Å². The molecule has 1 fully saturated rings. The van der Waals surface area contributed by atoms with Gasteiger partial charge in [-0.2, -0.15) is 0 Å². The fourth-order valence-electron chi connectivity index (χ4n) is 5.91. The van der Waals surface area contributed by atoms with Crippen LogP contribution in [0.25, 0.3) is 10.9 Å². The molecule has 0 saturated carbocycles. The highest BCUT2D eigenvalue weighted by atomic mass is 16.5. The molecule has 8 nitrogen and oxygen atoms in total. The quantitative estimate of drug-likeness (QED) is 0.438. The summed E-state index contributed by atoms with van der Waals surface area (Å²) < 4.78 is 5.46. The third-order valence-corrected chi connectivity index (χ3v) is 7.60. The number of nitrogens with zero attached hydrogens (tertiary/aromatic N) is 4. The Morgan fingerprint density at radius 3 is 2.42 bits per heavy atom. The molecule has 2 aliphatic rings. The van der Waals surface area contributed by atoms with E-state index < -0.39 is 0 Å². The fourth-order valence-corrected chi connectivity index (χ4v) is 5.91. The van der Waals surface area contributed by atoms with E-state index in [1.165, 1.54) is 5.56 Å². The molecule has 1 spiro atoms. The van der Waals surface area contributed by atoms with Crippen molar-refractivity contribution >= 4 is 16.8 Å². The van der Waals surface area contributed by atoms with Crippen molar-refractivity contribution < 1.29 is 14.6 Å². The highest BCUT2D eigenvalue weighted by Gasteiger charge is 2.53. The van der Waals surface area contributed by atoms with Crippen LogP contribution in [0.1, 0.15) is 28.4 Å². The second-order valence-electron chi connectivity index (χ2n) is 9.85. The van der Waals surface area contributed by atoms with Gasteiger partial charge in [-0.15, -0.1) is 0 Å². The number of aliphatic hydroxyl groups is 1. The molecule has 1 amide bonds. The van der Waals surface area contributed by atoms with Crippen LogP contribution in [0.15, 0.2) is 67.3 Å². The van der Waals surface area contributed by atoms with E-state index in [0.29, 0.717) is 26.1 Å². The molecule has 2 N–H and O–H groups in total. The van der Waals surface area contributed by atoms with Gasteiger partial charge in [0.1, 0.15) is 5.75 Å². The lowest BCUT2D eigenvalue weighted by atomic mass is 9.68. The van der Waals surface area contributed by atoms with E-state index in [2.05, 4.69) is 25.9 Å². The van der Waals surface area contributed by atoms with Crippen molar-refractivity contribution in [3.8, 4) is 5.75 Å². The summed E-state index contributed by atoms with van der Waals surface area (Å²) in [5.41, 5.74) is 5.14. The van der Waals surface area contributed by atoms with Gasteiger partial charge < -0.3 is 19.7 Å². The van der Waals surface area contributed by atoms with Gasteiger partial charge in [0.2, 0.25) is 5.91 Å². The Kier molecular flexibility index (Phi) is 5.70. The number of carbonyl (C=O) groups excluding carboxylic acids is 1. The number of hydrogen-bond donors (Lipinski definition) is 2. The van der Waals surface area contributed by atoms with Crippen molar-refractivity contribution in [3.63, 3.8) is 0 Å². The first kappa shape index (κ1) is 22.7. The molecule has 36 heavy (non-hydrogen) atoms. The molecule has 1 saturated heterocycles. The minimum Gasteiger partial charge on any atom is -0.497 e. The number of aliphatic hydroxyl groups excluding tert-OH is 1. The summed E-state index contributed by atoms with van der Waals surface area (Å²) in [7, 11) is 1.66. The summed E-state index contributed by atoms with van der Waals surface area (Å²) in [6.07, 6.45) is 7.41. The summed E-state index contributed by atoms with van der Waals surface area (Å²) in [5, 5.41) is 11.6. The van der Waals surface area contributed by atoms with E-state index in [-0.39, 0.29) is 24.0 Å². The Balaban J connectivity index is 1.36. The van der Waals surface area contributed by atoms with Gasteiger partial charge in [0, 0.05) is 79.0 Å². The average Bonchev–Trinajstić information content (AvgIpc) is 3.27. The normalized spacial score (nSPS) is 18.7. The molecule has 3 aromatic heterocycles. The highest BCUT2D eigenvalue weighted by molar-refractivity contribution is 5.89. The smallest absolute Gasteiger partial charge is 0.227 e. The molecule has 0 aliphatic carbocycles. The van der Waals surface area contributed by atoms with Crippen LogP contribution in [0.2, 0.25) is 0 Å². The SMILES string of the molecule is COc1ccc2c3c([nH]c2c1)[C@H](CO)N(Cc1ccncc1)CC31CN(C(=O)Cc2ccncc2)C1. The highest BCUT2D eigenvalue weighted by Crippen LogP contribution is 2.49. The van der Waals surface area contributed by atoms with E-state index in [0.717, 1.165) is 40.0 Å². The molecule has 5 heterocycles. The predicted molar refractivity (Wildman–Crippen MR) is 136 cm³/mol. The first-order valence-electron chi connectivity index (χ1n) is 12.2. The molecule has 6 rings (SSSR count). The first-order chi connectivity index (χ1) is 17.6. The van der Waals surface area contributed by atoms with E-state index in [4.69, 9.17) is 4.74 Å². The largest absolute Gasteiger partial charge is 0.497 e. The third kappa shape index (κ3) is 3.83. The van der Waals surface area contributed by atoms with Crippen LogP contribution >= 0.6 is 0 Å². The number of aromatic nitrogens is 3. The average molecular weight is 484 g/mol. The first-order valence-corrected chi connectivity index (χ1v) is 12.2. The van der Waals surface area contributed by atoms with Gasteiger partial charge in [0.25, 0.3) is 0 Å². The summed E-state index contributed by atoms with van der Waals surface area (Å²) in [6.45, 7) is 2.74. The second-order valence-corrected chi connectivity index (χ2v) is 9.85. The number of ether oxygens (including phenoxy) is 1. The Morgan fingerprint density at radius 2 is 1.75 bits per heavy atom. The number of carbonyl (C=O) groups is 1. The Labute approximate surface area is 209 Å². The molecule has 0 unspecified atom stereocenters. The van der Waals surface area contributed by atoms with Gasteiger partial charge in [0.05, 0.1) is 26.2 Å². The van der Waals surface area contributed by atoms with E-state index in [9.17, 15) is 9.90 Å². The van der Waals surface area contributed by atoms with Crippen LogP contribution in [0.4, 0.5) is 0 Å². The van der Waals surface area contributed by atoms with Crippen molar-refractivity contribution in [1.82, 2.24) is 24.8 Å². The predicted octanol–water partition coefficient (Wildman–Crippen LogP) is 2.84. The number of nitrogens with one attached hydrogen (secondary N) is 1. The summed E-state index contributed by atoms with van der Waals surface area (Å²) in [4.78, 5) is 29.2. The number of pyridine rings is 2. The van der Waals surface area contributed by atoms with Gasteiger partial charge >= 0.3 is 0 Å². The lowest BCUT2D eigenvalue weighted by Gasteiger charge is -2.56. The molecule has 0 radical (unpaired) electrons. The van der Waals surface area contributed by atoms with E-state index >= 15 is 0 Å². The number of hydrogen-bond acceptors (Lipinski definition) is 6. The lowest BCUT2D eigenvalue weighted by Crippen LogP contribution is -2.67. The van der Waals surface area contributed by atoms with Crippen molar-refractivity contribution in [1.29, 1.82) is 0 Å².